The summed E-state index contributed by atoms with van der Waals surface area (Å²) in [6.45, 7) is 5.35. The van der Waals surface area contributed by atoms with Gasteiger partial charge in [-0.25, -0.2) is 0 Å². The highest BCUT2D eigenvalue weighted by Gasteiger charge is 2.27. The molecule has 1 amide bonds. The molecule has 1 unspecified atom stereocenters. The molecular formula is C12H19N3O3. The highest BCUT2D eigenvalue weighted by Crippen LogP contribution is 2.19. The lowest BCUT2D eigenvalue weighted by Crippen LogP contribution is -2.35. The number of carboxylic acids is 1. The molecule has 0 aliphatic carbocycles. The van der Waals surface area contributed by atoms with Crippen molar-refractivity contribution in [2.45, 2.75) is 33.2 Å². The number of hydrogen-bond donors (Lipinski definition) is 2. The van der Waals surface area contributed by atoms with Crippen molar-refractivity contribution in [3.05, 3.63) is 18.5 Å². The lowest BCUT2D eigenvalue weighted by atomic mass is 9.90. The molecule has 1 aromatic rings. The fourth-order valence-electron chi connectivity index (χ4n) is 1.38. The van der Waals surface area contributed by atoms with Gasteiger partial charge >= 0.3 is 5.97 Å². The molecule has 0 aliphatic heterocycles. The lowest BCUT2D eigenvalue weighted by Gasteiger charge is -2.20. The van der Waals surface area contributed by atoms with Gasteiger partial charge in [-0.3, -0.25) is 14.3 Å². The van der Waals surface area contributed by atoms with Gasteiger partial charge in [-0.05, 0) is 33.3 Å². The molecule has 0 aliphatic rings. The molecule has 0 saturated carbocycles. The molecule has 0 bridgehead atoms. The van der Waals surface area contributed by atoms with Crippen LogP contribution >= 0.6 is 0 Å². The van der Waals surface area contributed by atoms with E-state index in [4.69, 9.17) is 5.11 Å². The molecule has 1 atom stereocenters. The Hall–Kier alpha value is -1.85. The first-order chi connectivity index (χ1) is 8.34. The van der Waals surface area contributed by atoms with Crippen molar-refractivity contribution in [2.24, 2.45) is 5.41 Å². The van der Waals surface area contributed by atoms with Crippen LogP contribution in [0.4, 0.5) is 0 Å². The third kappa shape index (κ3) is 3.58. The number of nitrogens with zero attached hydrogens (tertiary/aromatic N) is 2. The normalized spacial score (nSPS) is 13.1. The Morgan fingerprint density at radius 3 is 2.67 bits per heavy atom. The van der Waals surface area contributed by atoms with Crippen molar-refractivity contribution < 1.29 is 14.7 Å². The summed E-state index contributed by atoms with van der Waals surface area (Å²) >= 11 is 0. The highest BCUT2D eigenvalue weighted by molar-refractivity contribution is 5.79. The number of carbonyl (C=O) groups is 2. The third-order valence-electron chi connectivity index (χ3n) is 2.93. The van der Waals surface area contributed by atoms with Crippen molar-refractivity contribution in [3.63, 3.8) is 0 Å². The molecule has 6 nitrogen and oxygen atoms in total. The Bertz CT molecular complexity index is 412. The smallest absolute Gasteiger partial charge is 0.309 e. The Morgan fingerprint density at radius 2 is 2.17 bits per heavy atom. The number of aliphatic carboxylic acids is 1. The van der Waals surface area contributed by atoms with E-state index in [9.17, 15) is 9.59 Å². The summed E-state index contributed by atoms with van der Waals surface area (Å²) < 4.78 is 1.55. The Balaban J connectivity index is 2.41. The monoisotopic (exact) mass is 253 g/mol. The van der Waals surface area contributed by atoms with Crippen LogP contribution in [0, 0.1) is 5.41 Å². The fourth-order valence-corrected chi connectivity index (χ4v) is 1.38. The SMILES string of the molecule is CC(C(=O)NCCC(C)(C)C(=O)O)n1cccn1. The number of amides is 1. The first-order valence-corrected chi connectivity index (χ1v) is 5.85. The zero-order chi connectivity index (χ0) is 13.8. The van der Waals surface area contributed by atoms with Crippen LogP contribution in [0.2, 0.25) is 0 Å². The van der Waals surface area contributed by atoms with Crippen molar-refractivity contribution in [1.29, 1.82) is 0 Å². The molecule has 6 heteroatoms. The molecule has 0 radical (unpaired) electrons. The molecule has 1 rings (SSSR count). The van der Waals surface area contributed by atoms with Crippen LogP contribution < -0.4 is 5.32 Å². The van der Waals surface area contributed by atoms with Gasteiger partial charge in [-0.1, -0.05) is 0 Å². The molecule has 1 aromatic heterocycles. The van der Waals surface area contributed by atoms with Crippen LogP contribution in [0.1, 0.15) is 33.2 Å². The van der Waals surface area contributed by atoms with E-state index in [1.807, 2.05) is 0 Å². The van der Waals surface area contributed by atoms with Gasteiger partial charge in [0.15, 0.2) is 0 Å². The summed E-state index contributed by atoms with van der Waals surface area (Å²) in [5.74, 6) is -1.03. The lowest BCUT2D eigenvalue weighted by molar-refractivity contribution is -0.147. The van der Waals surface area contributed by atoms with E-state index in [-0.39, 0.29) is 5.91 Å². The Morgan fingerprint density at radius 1 is 1.50 bits per heavy atom. The van der Waals surface area contributed by atoms with Gasteiger partial charge in [-0.2, -0.15) is 5.10 Å². The zero-order valence-corrected chi connectivity index (χ0v) is 10.9. The van der Waals surface area contributed by atoms with Gasteiger partial charge in [-0.15, -0.1) is 0 Å². The van der Waals surface area contributed by atoms with Crippen molar-refractivity contribution >= 4 is 11.9 Å². The summed E-state index contributed by atoms with van der Waals surface area (Å²) in [5.41, 5.74) is -0.831. The number of carboxylic acid groups (broad SMARTS) is 1. The van der Waals surface area contributed by atoms with Gasteiger partial charge in [0.25, 0.3) is 0 Å². The van der Waals surface area contributed by atoms with Gasteiger partial charge in [0.1, 0.15) is 6.04 Å². The molecule has 18 heavy (non-hydrogen) atoms. The highest BCUT2D eigenvalue weighted by atomic mass is 16.4. The van der Waals surface area contributed by atoms with Crippen LogP contribution in [0.5, 0.6) is 0 Å². The van der Waals surface area contributed by atoms with Gasteiger partial charge < -0.3 is 10.4 Å². The quantitative estimate of drug-likeness (QED) is 0.794. The minimum absolute atomic E-state index is 0.167. The van der Waals surface area contributed by atoms with Crippen LogP contribution in [-0.2, 0) is 9.59 Å². The molecule has 0 fully saturated rings. The molecule has 1 heterocycles. The van der Waals surface area contributed by atoms with E-state index in [2.05, 4.69) is 10.4 Å². The summed E-state index contributed by atoms with van der Waals surface area (Å²) in [6, 6.07) is 1.35. The maximum absolute atomic E-state index is 11.8. The van der Waals surface area contributed by atoms with Crippen molar-refractivity contribution in [1.82, 2.24) is 15.1 Å². The van der Waals surface area contributed by atoms with E-state index in [0.29, 0.717) is 13.0 Å². The predicted molar refractivity (Wildman–Crippen MR) is 66.0 cm³/mol. The van der Waals surface area contributed by atoms with Gasteiger partial charge in [0.2, 0.25) is 5.91 Å². The molecular weight excluding hydrogens is 234 g/mol. The van der Waals surface area contributed by atoms with Crippen molar-refractivity contribution in [2.75, 3.05) is 6.54 Å². The number of rotatable bonds is 6. The second-order valence-electron chi connectivity index (χ2n) is 4.89. The summed E-state index contributed by atoms with van der Waals surface area (Å²) in [7, 11) is 0. The summed E-state index contributed by atoms with van der Waals surface area (Å²) in [4.78, 5) is 22.7. The molecule has 2 N–H and O–H groups in total. The van der Waals surface area contributed by atoms with Gasteiger partial charge in [0, 0.05) is 18.9 Å². The Kier molecular flexibility index (Phi) is 4.47. The maximum atomic E-state index is 11.8. The Labute approximate surface area is 106 Å². The minimum atomic E-state index is -0.864. The van der Waals surface area contributed by atoms with Crippen LogP contribution in [0.25, 0.3) is 0 Å². The zero-order valence-electron chi connectivity index (χ0n) is 10.9. The molecule has 0 aromatic carbocycles. The number of nitrogens with one attached hydrogen (secondary N) is 1. The van der Waals surface area contributed by atoms with Crippen molar-refractivity contribution in [3.8, 4) is 0 Å². The minimum Gasteiger partial charge on any atom is -0.481 e. The van der Waals surface area contributed by atoms with E-state index >= 15 is 0 Å². The van der Waals surface area contributed by atoms with E-state index in [1.54, 1.807) is 43.9 Å². The fraction of sp³-hybridized carbons (Fsp3) is 0.583. The number of aromatic nitrogens is 2. The average Bonchev–Trinajstić information content (AvgIpc) is 2.80. The van der Waals surface area contributed by atoms with E-state index in [0.717, 1.165) is 0 Å². The second-order valence-corrected chi connectivity index (χ2v) is 4.89. The van der Waals surface area contributed by atoms with Crippen LogP contribution in [-0.4, -0.2) is 33.3 Å². The predicted octanol–water partition coefficient (Wildman–Crippen LogP) is 1.06. The van der Waals surface area contributed by atoms with Gasteiger partial charge in [0.05, 0.1) is 5.41 Å². The largest absolute Gasteiger partial charge is 0.481 e. The average molecular weight is 253 g/mol. The van der Waals surface area contributed by atoms with Crippen LogP contribution in [0.3, 0.4) is 0 Å². The maximum Gasteiger partial charge on any atom is 0.309 e. The van der Waals surface area contributed by atoms with E-state index < -0.39 is 17.4 Å². The first kappa shape index (κ1) is 14.2. The second kappa shape index (κ2) is 5.66. The number of carbonyl (C=O) groups excluding carboxylic acids is 1. The van der Waals surface area contributed by atoms with E-state index in [1.165, 1.54) is 0 Å². The van der Waals surface area contributed by atoms with Crippen LogP contribution in [0.15, 0.2) is 18.5 Å². The summed E-state index contributed by atoms with van der Waals surface area (Å²) in [5, 5.41) is 15.6. The third-order valence-corrected chi connectivity index (χ3v) is 2.93. The molecule has 0 spiro atoms. The summed E-state index contributed by atoms with van der Waals surface area (Å²) in [6.07, 6.45) is 3.71. The molecule has 0 saturated heterocycles. The first-order valence-electron chi connectivity index (χ1n) is 5.85. The molecule has 100 valence electrons. The standard InChI is InChI=1S/C12H19N3O3/c1-9(15-8-4-6-14-15)10(16)13-7-5-12(2,3)11(17)18/h4,6,8-9H,5,7H2,1-3H3,(H,13,16)(H,17,18). The number of hydrogen-bond acceptors (Lipinski definition) is 3. The topological polar surface area (TPSA) is 84.2 Å².